The molecule has 1 aliphatic rings. The summed E-state index contributed by atoms with van der Waals surface area (Å²) in [7, 11) is 0. The lowest BCUT2D eigenvalue weighted by Gasteiger charge is -2.15. The molecular formula is C8H15FN2S. The molecule has 0 aliphatic carbocycles. The minimum Gasteiger partial charge on any atom is -0.359 e. The van der Waals surface area contributed by atoms with Gasteiger partial charge in [0.25, 0.3) is 0 Å². The molecule has 0 bridgehead atoms. The lowest BCUT2D eigenvalue weighted by molar-refractivity contribution is 0.477. The van der Waals surface area contributed by atoms with E-state index in [1.54, 1.807) is 11.8 Å². The molecule has 1 heterocycles. The van der Waals surface area contributed by atoms with Gasteiger partial charge in [-0.15, -0.1) is 0 Å². The Kier molecular flexibility index (Phi) is 3.38. The number of amidine groups is 1. The van der Waals surface area contributed by atoms with Gasteiger partial charge in [-0.05, 0) is 20.3 Å². The molecule has 0 aromatic carbocycles. The summed E-state index contributed by atoms with van der Waals surface area (Å²) in [5, 5.41) is 4.25. The molecule has 0 saturated carbocycles. The predicted molar refractivity (Wildman–Crippen MR) is 52.6 cm³/mol. The van der Waals surface area contributed by atoms with E-state index in [1.165, 1.54) is 0 Å². The van der Waals surface area contributed by atoms with Gasteiger partial charge in [-0.3, -0.25) is 9.38 Å². The van der Waals surface area contributed by atoms with Gasteiger partial charge in [0.2, 0.25) is 0 Å². The summed E-state index contributed by atoms with van der Waals surface area (Å²) in [6.45, 7) is 4.60. The lowest BCUT2D eigenvalue weighted by atomic mass is 10.1. The molecule has 4 heteroatoms. The average molecular weight is 190 g/mol. The van der Waals surface area contributed by atoms with Gasteiger partial charge in [0.1, 0.15) is 0 Å². The van der Waals surface area contributed by atoms with Crippen LogP contribution in [-0.4, -0.2) is 29.7 Å². The van der Waals surface area contributed by atoms with Crippen molar-refractivity contribution in [3.8, 4) is 0 Å². The second kappa shape index (κ2) is 4.12. The SMILES string of the molecule is CC1(C)CSC(=NCCCF)N1. The fourth-order valence-corrected chi connectivity index (χ4v) is 2.04. The van der Waals surface area contributed by atoms with Crippen LogP contribution in [0.15, 0.2) is 4.99 Å². The molecule has 1 fully saturated rings. The number of nitrogens with zero attached hydrogens (tertiary/aromatic N) is 1. The van der Waals surface area contributed by atoms with Crippen molar-refractivity contribution >= 4 is 16.9 Å². The number of rotatable bonds is 3. The molecule has 1 aliphatic heterocycles. The highest BCUT2D eigenvalue weighted by Gasteiger charge is 2.26. The fraction of sp³-hybridized carbons (Fsp3) is 0.875. The van der Waals surface area contributed by atoms with E-state index in [-0.39, 0.29) is 12.2 Å². The van der Waals surface area contributed by atoms with Crippen molar-refractivity contribution in [3.05, 3.63) is 0 Å². The van der Waals surface area contributed by atoms with Crippen LogP contribution in [0.25, 0.3) is 0 Å². The first-order chi connectivity index (χ1) is 5.64. The van der Waals surface area contributed by atoms with Crippen LogP contribution >= 0.6 is 11.8 Å². The van der Waals surface area contributed by atoms with Gasteiger partial charge in [-0.25, -0.2) is 0 Å². The van der Waals surface area contributed by atoms with E-state index in [9.17, 15) is 4.39 Å². The summed E-state index contributed by atoms with van der Waals surface area (Å²) in [6.07, 6.45) is 0.534. The van der Waals surface area contributed by atoms with Crippen molar-refractivity contribution < 1.29 is 4.39 Å². The molecule has 0 unspecified atom stereocenters. The summed E-state index contributed by atoms with van der Waals surface area (Å²) in [4.78, 5) is 4.24. The molecule has 1 rings (SSSR count). The predicted octanol–water partition coefficient (Wildman–Crippen LogP) is 1.82. The summed E-state index contributed by atoms with van der Waals surface area (Å²) in [6, 6.07) is 0. The maximum absolute atomic E-state index is 11.7. The Balaban J connectivity index is 2.31. The number of aliphatic imine (C=N–C) groups is 1. The van der Waals surface area contributed by atoms with Gasteiger partial charge in [0.05, 0.1) is 6.67 Å². The third kappa shape index (κ3) is 3.01. The number of thioether (sulfide) groups is 1. The highest BCUT2D eigenvalue weighted by molar-refractivity contribution is 8.14. The molecule has 0 aromatic heterocycles. The third-order valence-electron chi connectivity index (χ3n) is 1.56. The molecule has 0 radical (unpaired) electrons. The molecule has 2 nitrogen and oxygen atoms in total. The van der Waals surface area contributed by atoms with E-state index in [2.05, 4.69) is 24.2 Å². The van der Waals surface area contributed by atoms with Crippen molar-refractivity contribution in [3.63, 3.8) is 0 Å². The average Bonchev–Trinajstić information content (AvgIpc) is 2.31. The van der Waals surface area contributed by atoms with Crippen LogP contribution < -0.4 is 5.32 Å². The molecule has 0 spiro atoms. The van der Waals surface area contributed by atoms with E-state index in [0.717, 1.165) is 10.9 Å². The van der Waals surface area contributed by atoms with Crippen molar-refractivity contribution in [1.82, 2.24) is 5.32 Å². The summed E-state index contributed by atoms with van der Waals surface area (Å²) in [5.74, 6) is 1.04. The highest BCUT2D eigenvalue weighted by Crippen LogP contribution is 2.21. The molecule has 1 N–H and O–H groups in total. The second-order valence-corrected chi connectivity index (χ2v) is 4.49. The molecule has 0 amide bonds. The van der Waals surface area contributed by atoms with Crippen molar-refractivity contribution in [2.75, 3.05) is 19.0 Å². The van der Waals surface area contributed by atoms with Gasteiger partial charge < -0.3 is 5.32 Å². The Morgan fingerprint density at radius 1 is 1.67 bits per heavy atom. The monoisotopic (exact) mass is 190 g/mol. The number of alkyl halides is 1. The number of nitrogens with one attached hydrogen (secondary N) is 1. The van der Waals surface area contributed by atoms with Crippen LogP contribution in [-0.2, 0) is 0 Å². The quantitative estimate of drug-likeness (QED) is 0.686. The summed E-state index contributed by atoms with van der Waals surface area (Å²) >= 11 is 1.72. The Morgan fingerprint density at radius 3 is 2.92 bits per heavy atom. The molecule has 1 saturated heterocycles. The Bertz CT molecular complexity index is 180. The minimum atomic E-state index is -0.273. The van der Waals surface area contributed by atoms with Crippen LogP contribution in [0.2, 0.25) is 0 Å². The van der Waals surface area contributed by atoms with Crippen molar-refractivity contribution in [2.24, 2.45) is 4.99 Å². The summed E-state index contributed by atoms with van der Waals surface area (Å²) in [5.41, 5.74) is 0.152. The molecule has 70 valence electrons. The lowest BCUT2D eigenvalue weighted by Crippen LogP contribution is -2.36. The van der Waals surface area contributed by atoms with E-state index in [1.807, 2.05) is 0 Å². The Labute approximate surface area is 77.0 Å². The number of hydrogen-bond acceptors (Lipinski definition) is 2. The molecule has 0 aromatic rings. The molecule has 12 heavy (non-hydrogen) atoms. The first kappa shape index (κ1) is 9.84. The second-order valence-electron chi connectivity index (χ2n) is 3.53. The normalized spacial score (nSPS) is 24.4. The van der Waals surface area contributed by atoms with Crippen molar-refractivity contribution in [2.45, 2.75) is 25.8 Å². The topological polar surface area (TPSA) is 24.4 Å². The van der Waals surface area contributed by atoms with E-state index >= 15 is 0 Å². The maximum atomic E-state index is 11.7. The first-order valence-corrected chi connectivity index (χ1v) is 5.14. The van der Waals surface area contributed by atoms with Crippen LogP contribution in [0.3, 0.4) is 0 Å². The van der Waals surface area contributed by atoms with Crippen LogP contribution in [0.4, 0.5) is 4.39 Å². The van der Waals surface area contributed by atoms with Crippen molar-refractivity contribution in [1.29, 1.82) is 0 Å². The number of halogens is 1. The van der Waals surface area contributed by atoms with Gasteiger partial charge in [0, 0.05) is 17.8 Å². The van der Waals surface area contributed by atoms with E-state index in [4.69, 9.17) is 0 Å². The van der Waals surface area contributed by atoms with Gasteiger partial charge >= 0.3 is 0 Å². The smallest absolute Gasteiger partial charge is 0.157 e. The third-order valence-corrected chi connectivity index (χ3v) is 2.93. The highest BCUT2D eigenvalue weighted by atomic mass is 32.2. The summed E-state index contributed by atoms with van der Waals surface area (Å²) < 4.78 is 11.7. The van der Waals surface area contributed by atoms with Crippen LogP contribution in [0.1, 0.15) is 20.3 Å². The Morgan fingerprint density at radius 2 is 2.42 bits per heavy atom. The standard InChI is InChI=1S/C8H15FN2S/c1-8(2)6-12-7(11-8)10-5-3-4-9/h3-6H2,1-2H3,(H,10,11). The van der Waals surface area contributed by atoms with Crippen LogP contribution in [0.5, 0.6) is 0 Å². The molecule has 0 atom stereocenters. The zero-order valence-corrected chi connectivity index (χ0v) is 8.38. The first-order valence-electron chi connectivity index (χ1n) is 4.15. The Hall–Kier alpha value is -0.250. The largest absolute Gasteiger partial charge is 0.359 e. The van der Waals surface area contributed by atoms with Crippen LogP contribution in [0, 0.1) is 0 Å². The fourth-order valence-electron chi connectivity index (χ4n) is 0.936. The maximum Gasteiger partial charge on any atom is 0.157 e. The van der Waals surface area contributed by atoms with E-state index in [0.29, 0.717) is 13.0 Å². The van der Waals surface area contributed by atoms with E-state index < -0.39 is 0 Å². The van der Waals surface area contributed by atoms with Gasteiger partial charge in [0.15, 0.2) is 5.17 Å². The minimum absolute atomic E-state index is 0.152. The zero-order chi connectivity index (χ0) is 9.03. The van der Waals surface area contributed by atoms with Gasteiger partial charge in [-0.2, -0.15) is 0 Å². The zero-order valence-electron chi connectivity index (χ0n) is 7.56. The van der Waals surface area contributed by atoms with Gasteiger partial charge in [-0.1, -0.05) is 11.8 Å². The molecular weight excluding hydrogens is 175 g/mol. The number of hydrogen-bond donors (Lipinski definition) is 1.